The van der Waals surface area contributed by atoms with Gasteiger partial charge in [0.25, 0.3) is 0 Å². The Bertz CT molecular complexity index is 392. The van der Waals surface area contributed by atoms with Gasteiger partial charge in [-0.1, -0.05) is 5.16 Å². The Morgan fingerprint density at radius 2 is 2.50 bits per heavy atom. The SMILES string of the molecule is O=C(O)C1CC2CCC1N2Cc1ncon1. The Labute approximate surface area is 92.2 Å². The van der Waals surface area contributed by atoms with Gasteiger partial charge in [-0.05, 0) is 19.3 Å². The molecule has 86 valence electrons. The van der Waals surface area contributed by atoms with Crippen LogP contribution >= 0.6 is 0 Å². The van der Waals surface area contributed by atoms with E-state index in [0.717, 1.165) is 19.3 Å². The lowest BCUT2D eigenvalue weighted by Gasteiger charge is -2.20. The van der Waals surface area contributed by atoms with Crippen LogP contribution in [0.4, 0.5) is 0 Å². The summed E-state index contributed by atoms with van der Waals surface area (Å²) in [7, 11) is 0. The number of fused-ring (bicyclic) bond motifs is 2. The van der Waals surface area contributed by atoms with Crippen LogP contribution in [0, 0.1) is 5.92 Å². The molecule has 6 nitrogen and oxygen atoms in total. The summed E-state index contributed by atoms with van der Waals surface area (Å²) in [6.45, 7) is 0.607. The number of carboxylic acid groups (broad SMARTS) is 1. The average molecular weight is 223 g/mol. The van der Waals surface area contributed by atoms with Crippen molar-refractivity contribution in [2.75, 3.05) is 0 Å². The normalized spacial score (nSPS) is 33.4. The molecule has 3 heterocycles. The molecule has 2 bridgehead atoms. The number of carbonyl (C=O) groups is 1. The van der Waals surface area contributed by atoms with Crippen molar-refractivity contribution in [2.24, 2.45) is 5.92 Å². The van der Waals surface area contributed by atoms with Crippen LogP contribution < -0.4 is 0 Å². The Hall–Kier alpha value is -1.43. The van der Waals surface area contributed by atoms with E-state index in [-0.39, 0.29) is 12.0 Å². The molecule has 2 aliphatic heterocycles. The smallest absolute Gasteiger partial charge is 0.308 e. The molecule has 3 unspecified atom stereocenters. The van der Waals surface area contributed by atoms with Gasteiger partial charge in [0.05, 0.1) is 12.5 Å². The highest BCUT2D eigenvalue weighted by molar-refractivity contribution is 5.71. The third-order valence-corrected chi connectivity index (χ3v) is 3.73. The van der Waals surface area contributed by atoms with Crippen molar-refractivity contribution in [2.45, 2.75) is 37.9 Å². The second-order valence-electron chi connectivity index (χ2n) is 4.50. The van der Waals surface area contributed by atoms with E-state index in [9.17, 15) is 4.79 Å². The van der Waals surface area contributed by atoms with Gasteiger partial charge in [0.2, 0.25) is 6.39 Å². The van der Waals surface area contributed by atoms with E-state index in [2.05, 4.69) is 19.6 Å². The first-order valence-electron chi connectivity index (χ1n) is 5.49. The number of aliphatic carboxylic acids is 1. The average Bonchev–Trinajstić information content (AvgIpc) is 2.96. The van der Waals surface area contributed by atoms with E-state index in [4.69, 9.17) is 5.11 Å². The summed E-state index contributed by atoms with van der Waals surface area (Å²) in [6, 6.07) is 0.533. The predicted octanol–water partition coefficient (Wildman–Crippen LogP) is 0.507. The molecular weight excluding hydrogens is 210 g/mol. The van der Waals surface area contributed by atoms with Gasteiger partial charge in [0.1, 0.15) is 0 Å². The van der Waals surface area contributed by atoms with Crippen LogP contribution in [0.2, 0.25) is 0 Å². The molecule has 0 spiro atoms. The molecule has 0 amide bonds. The van der Waals surface area contributed by atoms with Crippen molar-refractivity contribution in [1.82, 2.24) is 15.0 Å². The van der Waals surface area contributed by atoms with E-state index in [0.29, 0.717) is 18.4 Å². The first-order valence-corrected chi connectivity index (χ1v) is 5.49. The minimum absolute atomic E-state index is 0.154. The van der Waals surface area contributed by atoms with Gasteiger partial charge >= 0.3 is 5.97 Å². The predicted molar refractivity (Wildman–Crippen MR) is 52.4 cm³/mol. The van der Waals surface area contributed by atoms with E-state index >= 15 is 0 Å². The number of nitrogens with zero attached hydrogens (tertiary/aromatic N) is 3. The molecule has 16 heavy (non-hydrogen) atoms. The van der Waals surface area contributed by atoms with Crippen LogP contribution in [-0.4, -0.2) is 38.2 Å². The summed E-state index contributed by atoms with van der Waals surface area (Å²) in [5.74, 6) is -0.251. The molecular formula is C10H13N3O3. The monoisotopic (exact) mass is 223 g/mol. The Balaban J connectivity index is 1.75. The molecule has 2 aliphatic rings. The maximum Gasteiger partial charge on any atom is 0.308 e. The number of hydrogen-bond donors (Lipinski definition) is 1. The van der Waals surface area contributed by atoms with Gasteiger partial charge in [-0.3, -0.25) is 9.69 Å². The lowest BCUT2D eigenvalue weighted by Crippen LogP contribution is -2.32. The lowest BCUT2D eigenvalue weighted by molar-refractivity contribution is -0.142. The molecule has 2 saturated heterocycles. The third kappa shape index (κ3) is 1.41. The Morgan fingerprint density at radius 1 is 1.62 bits per heavy atom. The minimum Gasteiger partial charge on any atom is -0.481 e. The highest BCUT2D eigenvalue weighted by Crippen LogP contribution is 2.42. The van der Waals surface area contributed by atoms with E-state index in [1.807, 2.05) is 0 Å². The van der Waals surface area contributed by atoms with Crippen molar-refractivity contribution < 1.29 is 14.4 Å². The number of rotatable bonds is 3. The van der Waals surface area contributed by atoms with Crippen molar-refractivity contribution >= 4 is 5.97 Å². The summed E-state index contributed by atoms with van der Waals surface area (Å²) in [6.07, 6.45) is 4.13. The summed E-state index contributed by atoms with van der Waals surface area (Å²) in [4.78, 5) is 17.3. The number of carboxylic acids is 1. The topological polar surface area (TPSA) is 79.5 Å². The van der Waals surface area contributed by atoms with Crippen molar-refractivity contribution in [3.8, 4) is 0 Å². The van der Waals surface area contributed by atoms with Gasteiger partial charge < -0.3 is 9.63 Å². The van der Waals surface area contributed by atoms with E-state index in [1.165, 1.54) is 6.39 Å². The fourth-order valence-electron chi connectivity index (χ4n) is 3.04. The second-order valence-corrected chi connectivity index (χ2v) is 4.50. The number of aromatic nitrogens is 2. The van der Waals surface area contributed by atoms with Crippen LogP contribution in [0.5, 0.6) is 0 Å². The van der Waals surface area contributed by atoms with Crippen LogP contribution in [0.15, 0.2) is 10.9 Å². The molecule has 1 aromatic rings. The summed E-state index contributed by atoms with van der Waals surface area (Å²) in [5.41, 5.74) is 0. The second kappa shape index (κ2) is 3.55. The van der Waals surface area contributed by atoms with Gasteiger partial charge in [-0.25, -0.2) is 0 Å². The van der Waals surface area contributed by atoms with Gasteiger partial charge in [-0.15, -0.1) is 0 Å². The first-order chi connectivity index (χ1) is 7.75. The molecule has 1 aromatic heterocycles. The maximum absolute atomic E-state index is 11.1. The summed E-state index contributed by atoms with van der Waals surface area (Å²) >= 11 is 0. The summed E-state index contributed by atoms with van der Waals surface area (Å²) in [5, 5.41) is 12.9. The van der Waals surface area contributed by atoms with Crippen LogP contribution in [0.25, 0.3) is 0 Å². The number of hydrogen-bond acceptors (Lipinski definition) is 5. The molecule has 3 atom stereocenters. The van der Waals surface area contributed by atoms with Crippen LogP contribution in [0.1, 0.15) is 25.1 Å². The molecule has 0 aliphatic carbocycles. The molecule has 2 fully saturated rings. The lowest BCUT2D eigenvalue weighted by atomic mass is 9.89. The summed E-state index contributed by atoms with van der Waals surface area (Å²) < 4.78 is 4.69. The highest BCUT2D eigenvalue weighted by atomic mass is 16.5. The van der Waals surface area contributed by atoms with E-state index < -0.39 is 5.97 Å². The maximum atomic E-state index is 11.1. The zero-order valence-corrected chi connectivity index (χ0v) is 8.74. The quantitative estimate of drug-likeness (QED) is 0.804. The fraction of sp³-hybridized carbons (Fsp3) is 0.700. The van der Waals surface area contributed by atoms with Gasteiger partial charge in [-0.2, -0.15) is 4.98 Å². The zero-order chi connectivity index (χ0) is 11.1. The van der Waals surface area contributed by atoms with Crippen molar-refractivity contribution in [3.63, 3.8) is 0 Å². The minimum atomic E-state index is -0.676. The first kappa shape index (κ1) is 9.77. The highest BCUT2D eigenvalue weighted by Gasteiger charge is 2.49. The molecule has 0 saturated carbocycles. The molecule has 0 radical (unpaired) electrons. The molecule has 0 aromatic carbocycles. The van der Waals surface area contributed by atoms with Crippen LogP contribution in [-0.2, 0) is 11.3 Å². The van der Waals surface area contributed by atoms with E-state index in [1.54, 1.807) is 0 Å². The molecule has 6 heteroatoms. The molecule has 3 rings (SSSR count). The standard InChI is InChI=1S/C10H13N3O3/c14-10(15)7-3-6-1-2-8(7)13(6)4-9-11-5-16-12-9/h5-8H,1-4H2,(H,14,15). The Morgan fingerprint density at radius 3 is 3.12 bits per heavy atom. The third-order valence-electron chi connectivity index (χ3n) is 3.73. The Kier molecular flexibility index (Phi) is 2.17. The fourth-order valence-corrected chi connectivity index (χ4v) is 3.04. The van der Waals surface area contributed by atoms with Gasteiger partial charge in [0.15, 0.2) is 5.82 Å². The van der Waals surface area contributed by atoms with Gasteiger partial charge in [0, 0.05) is 12.1 Å². The molecule has 1 N–H and O–H groups in total. The van der Waals surface area contributed by atoms with Crippen molar-refractivity contribution in [1.29, 1.82) is 0 Å². The van der Waals surface area contributed by atoms with Crippen molar-refractivity contribution in [3.05, 3.63) is 12.2 Å². The van der Waals surface area contributed by atoms with Crippen LogP contribution in [0.3, 0.4) is 0 Å². The zero-order valence-electron chi connectivity index (χ0n) is 8.74. The largest absolute Gasteiger partial charge is 0.481 e.